The molecule has 0 aromatic heterocycles. The van der Waals surface area contributed by atoms with E-state index in [9.17, 15) is 14.7 Å². The van der Waals surface area contributed by atoms with Crippen LogP contribution in [-0.2, 0) is 9.59 Å². The van der Waals surface area contributed by atoms with Crippen molar-refractivity contribution in [3.05, 3.63) is 0 Å². The number of carbonyl (C=O) groups excluding carboxylic acids is 2. The number of hydrogen-bond donors (Lipinski definition) is 3. The second-order valence-electron chi connectivity index (χ2n) is 4.73. The second kappa shape index (κ2) is 5.97. The van der Waals surface area contributed by atoms with Gasteiger partial charge in [0.15, 0.2) is 0 Å². The van der Waals surface area contributed by atoms with Gasteiger partial charge in [0, 0.05) is 19.4 Å². The largest absolute Gasteiger partial charge is 0.391 e. The highest BCUT2D eigenvalue weighted by Crippen LogP contribution is 2.19. The average molecular weight is 243 g/mol. The van der Waals surface area contributed by atoms with E-state index in [1.165, 1.54) is 4.90 Å². The topological polar surface area (TPSA) is 110 Å². The SMILES string of the molecule is CC(CN)CCC(=O)N1CC(O)CC1C(N)=O. The van der Waals surface area contributed by atoms with Gasteiger partial charge >= 0.3 is 0 Å². The van der Waals surface area contributed by atoms with Crippen LogP contribution in [0.3, 0.4) is 0 Å². The van der Waals surface area contributed by atoms with Gasteiger partial charge in [-0.05, 0) is 18.9 Å². The smallest absolute Gasteiger partial charge is 0.240 e. The maximum absolute atomic E-state index is 11.9. The monoisotopic (exact) mass is 243 g/mol. The quantitative estimate of drug-likeness (QED) is 0.564. The Morgan fingerprint density at radius 1 is 1.53 bits per heavy atom. The summed E-state index contributed by atoms with van der Waals surface area (Å²) in [7, 11) is 0. The highest BCUT2D eigenvalue weighted by atomic mass is 16.3. The van der Waals surface area contributed by atoms with Crippen LogP contribution in [0.1, 0.15) is 26.2 Å². The zero-order valence-electron chi connectivity index (χ0n) is 10.1. The van der Waals surface area contributed by atoms with Crippen molar-refractivity contribution in [2.75, 3.05) is 13.1 Å². The molecule has 1 fully saturated rings. The van der Waals surface area contributed by atoms with E-state index in [1.807, 2.05) is 6.92 Å². The third-order valence-corrected chi connectivity index (χ3v) is 3.18. The van der Waals surface area contributed by atoms with Crippen LogP contribution in [0.2, 0.25) is 0 Å². The van der Waals surface area contributed by atoms with Crippen molar-refractivity contribution >= 4 is 11.8 Å². The summed E-state index contributed by atoms with van der Waals surface area (Å²) in [6, 6.07) is -0.661. The molecule has 3 atom stereocenters. The molecule has 6 nitrogen and oxygen atoms in total. The highest BCUT2D eigenvalue weighted by Gasteiger charge is 2.37. The Morgan fingerprint density at radius 2 is 2.18 bits per heavy atom. The van der Waals surface area contributed by atoms with Gasteiger partial charge in [-0.2, -0.15) is 0 Å². The van der Waals surface area contributed by atoms with E-state index >= 15 is 0 Å². The third kappa shape index (κ3) is 3.67. The summed E-state index contributed by atoms with van der Waals surface area (Å²) in [5.41, 5.74) is 10.7. The van der Waals surface area contributed by atoms with Crippen molar-refractivity contribution in [1.29, 1.82) is 0 Å². The molecule has 0 aromatic rings. The first-order chi connectivity index (χ1) is 7.95. The molecule has 1 rings (SSSR count). The Bertz CT molecular complexity index is 296. The number of aliphatic hydroxyl groups excluding tert-OH is 1. The maximum Gasteiger partial charge on any atom is 0.240 e. The molecule has 1 heterocycles. The lowest BCUT2D eigenvalue weighted by atomic mass is 10.1. The number of nitrogens with two attached hydrogens (primary N) is 2. The molecule has 0 saturated carbocycles. The van der Waals surface area contributed by atoms with Crippen LogP contribution < -0.4 is 11.5 Å². The number of rotatable bonds is 5. The first kappa shape index (κ1) is 13.9. The zero-order chi connectivity index (χ0) is 13.0. The first-order valence-corrected chi connectivity index (χ1v) is 5.92. The van der Waals surface area contributed by atoms with Gasteiger partial charge < -0.3 is 21.5 Å². The summed E-state index contributed by atoms with van der Waals surface area (Å²) in [6.07, 6.45) is 0.624. The molecule has 0 aliphatic carbocycles. The lowest BCUT2D eigenvalue weighted by Gasteiger charge is -2.22. The molecule has 3 unspecified atom stereocenters. The molecule has 1 aliphatic heterocycles. The van der Waals surface area contributed by atoms with Gasteiger partial charge in [-0.15, -0.1) is 0 Å². The van der Waals surface area contributed by atoms with E-state index in [2.05, 4.69) is 0 Å². The number of hydrogen-bond acceptors (Lipinski definition) is 4. The highest BCUT2D eigenvalue weighted by molar-refractivity contribution is 5.87. The van der Waals surface area contributed by atoms with Gasteiger partial charge in [-0.1, -0.05) is 6.92 Å². The van der Waals surface area contributed by atoms with Gasteiger partial charge in [-0.3, -0.25) is 9.59 Å². The van der Waals surface area contributed by atoms with Gasteiger partial charge in [0.1, 0.15) is 6.04 Å². The zero-order valence-corrected chi connectivity index (χ0v) is 10.1. The van der Waals surface area contributed by atoms with E-state index in [0.29, 0.717) is 19.4 Å². The second-order valence-corrected chi connectivity index (χ2v) is 4.73. The predicted octanol–water partition coefficient (Wildman–Crippen LogP) is -1.19. The Kier molecular flexibility index (Phi) is 4.89. The lowest BCUT2D eigenvalue weighted by Crippen LogP contribution is -2.43. The van der Waals surface area contributed by atoms with E-state index in [-0.39, 0.29) is 24.8 Å². The molecular formula is C11H21N3O3. The molecule has 98 valence electrons. The molecule has 2 amide bonds. The van der Waals surface area contributed by atoms with Crippen LogP contribution in [0.5, 0.6) is 0 Å². The fourth-order valence-corrected chi connectivity index (χ4v) is 1.99. The Labute approximate surface area is 101 Å². The summed E-state index contributed by atoms with van der Waals surface area (Å²) >= 11 is 0. The van der Waals surface area contributed by atoms with E-state index in [1.54, 1.807) is 0 Å². The number of aliphatic hydroxyl groups is 1. The fraction of sp³-hybridized carbons (Fsp3) is 0.818. The van der Waals surface area contributed by atoms with Crippen molar-refractivity contribution in [3.63, 3.8) is 0 Å². The minimum atomic E-state index is -0.661. The van der Waals surface area contributed by atoms with Crippen LogP contribution in [-0.4, -0.2) is 47.1 Å². The van der Waals surface area contributed by atoms with Crippen LogP contribution in [0.4, 0.5) is 0 Å². The van der Waals surface area contributed by atoms with Crippen LogP contribution in [0.15, 0.2) is 0 Å². The molecule has 5 N–H and O–H groups in total. The predicted molar refractivity (Wildman–Crippen MR) is 62.8 cm³/mol. The molecule has 0 spiro atoms. The van der Waals surface area contributed by atoms with Crippen LogP contribution in [0.25, 0.3) is 0 Å². The Hall–Kier alpha value is -1.14. The van der Waals surface area contributed by atoms with Crippen molar-refractivity contribution in [2.24, 2.45) is 17.4 Å². The van der Waals surface area contributed by atoms with E-state index < -0.39 is 18.1 Å². The molecule has 17 heavy (non-hydrogen) atoms. The summed E-state index contributed by atoms with van der Waals surface area (Å²) in [5.74, 6) is -0.411. The minimum absolute atomic E-state index is 0.134. The number of β-amino-alcohol motifs (C(OH)–C–C–N with tert-alkyl or cyclic N) is 1. The average Bonchev–Trinajstić information content (AvgIpc) is 2.67. The summed E-state index contributed by atoms with van der Waals surface area (Å²) in [6.45, 7) is 2.70. The molecule has 1 aliphatic rings. The number of likely N-dealkylation sites (tertiary alicyclic amines) is 1. The number of nitrogens with zero attached hydrogens (tertiary/aromatic N) is 1. The summed E-state index contributed by atoms with van der Waals surface area (Å²) in [4.78, 5) is 24.4. The molecule has 0 aromatic carbocycles. The molecule has 0 bridgehead atoms. The third-order valence-electron chi connectivity index (χ3n) is 3.18. The lowest BCUT2D eigenvalue weighted by molar-refractivity contribution is -0.137. The Balaban J connectivity index is 2.52. The van der Waals surface area contributed by atoms with Crippen molar-refractivity contribution in [2.45, 2.75) is 38.3 Å². The number of primary amides is 1. The normalized spacial score (nSPS) is 25.9. The minimum Gasteiger partial charge on any atom is -0.391 e. The van der Waals surface area contributed by atoms with Gasteiger partial charge in [-0.25, -0.2) is 0 Å². The summed E-state index contributed by atoms with van der Waals surface area (Å²) < 4.78 is 0. The molecule has 1 saturated heterocycles. The fourth-order valence-electron chi connectivity index (χ4n) is 1.99. The van der Waals surface area contributed by atoms with Crippen LogP contribution in [0, 0.1) is 5.92 Å². The molecular weight excluding hydrogens is 222 g/mol. The number of carbonyl (C=O) groups is 2. The van der Waals surface area contributed by atoms with E-state index in [4.69, 9.17) is 11.5 Å². The summed E-state index contributed by atoms with van der Waals surface area (Å²) in [5, 5.41) is 9.47. The van der Waals surface area contributed by atoms with E-state index in [0.717, 1.165) is 0 Å². The molecule has 0 radical (unpaired) electrons. The van der Waals surface area contributed by atoms with Crippen molar-refractivity contribution in [1.82, 2.24) is 4.90 Å². The maximum atomic E-state index is 11.9. The van der Waals surface area contributed by atoms with Gasteiger partial charge in [0.25, 0.3) is 0 Å². The number of amides is 2. The van der Waals surface area contributed by atoms with Crippen molar-refractivity contribution < 1.29 is 14.7 Å². The molecule has 6 heteroatoms. The van der Waals surface area contributed by atoms with Crippen molar-refractivity contribution in [3.8, 4) is 0 Å². The Morgan fingerprint density at radius 3 is 2.71 bits per heavy atom. The van der Waals surface area contributed by atoms with Gasteiger partial charge in [0.05, 0.1) is 6.10 Å². The first-order valence-electron chi connectivity index (χ1n) is 5.92. The standard InChI is InChI=1S/C11H21N3O3/c1-7(5-12)2-3-10(16)14-6-8(15)4-9(14)11(13)17/h7-9,15H,2-6,12H2,1H3,(H2,13,17). The van der Waals surface area contributed by atoms with Gasteiger partial charge in [0.2, 0.25) is 11.8 Å². The van der Waals surface area contributed by atoms with Crippen LogP contribution >= 0.6 is 0 Å².